The largest absolute Gasteiger partial charge is 0.454 e. The van der Waals surface area contributed by atoms with Gasteiger partial charge in [-0.1, -0.05) is 12.1 Å². The maximum atomic E-state index is 12.6. The van der Waals surface area contributed by atoms with Gasteiger partial charge in [-0.25, -0.2) is 4.98 Å². The highest BCUT2D eigenvalue weighted by Gasteiger charge is 2.34. The number of alkyl halides is 3. The van der Waals surface area contributed by atoms with Crippen molar-refractivity contribution in [1.82, 2.24) is 15.0 Å². The molecule has 3 aromatic rings. The maximum absolute atomic E-state index is 12.6. The Bertz CT molecular complexity index is 1040. The van der Waals surface area contributed by atoms with E-state index in [2.05, 4.69) is 20.3 Å². The molecule has 0 radical (unpaired) electrons. The van der Waals surface area contributed by atoms with Crippen LogP contribution < -0.4 is 10.1 Å². The highest BCUT2D eigenvalue weighted by atomic mass is 32.1. The summed E-state index contributed by atoms with van der Waals surface area (Å²) in [6, 6.07) is 6.72. The Balaban J connectivity index is 1.73. The predicted octanol–water partition coefficient (Wildman–Crippen LogP) is 3.55. The Morgan fingerprint density at radius 3 is 2.65 bits per heavy atom. The van der Waals surface area contributed by atoms with Gasteiger partial charge in [0.05, 0.1) is 33.6 Å². The van der Waals surface area contributed by atoms with Gasteiger partial charge in [0.1, 0.15) is 10.8 Å². The van der Waals surface area contributed by atoms with E-state index >= 15 is 0 Å². The number of aryl methyl sites for hydroxylation is 1. The lowest BCUT2D eigenvalue weighted by Crippen LogP contribution is -2.29. The zero-order chi connectivity index (χ0) is 22.2. The molecule has 1 aliphatic carbocycles. The number of nitrogens with one attached hydrogen (secondary N) is 1. The molecule has 1 fully saturated rings. The van der Waals surface area contributed by atoms with Crippen molar-refractivity contribution >= 4 is 27.4 Å². The van der Waals surface area contributed by atoms with Crippen molar-refractivity contribution in [2.24, 2.45) is 5.92 Å². The number of halogens is 3. The van der Waals surface area contributed by atoms with E-state index in [-0.39, 0.29) is 18.3 Å². The molecule has 0 spiro atoms. The van der Waals surface area contributed by atoms with Gasteiger partial charge in [-0.05, 0) is 37.8 Å². The fourth-order valence-corrected chi connectivity index (χ4v) is 4.76. The van der Waals surface area contributed by atoms with Crippen LogP contribution in [0.4, 0.5) is 19.0 Å². The molecule has 1 aliphatic rings. The lowest BCUT2D eigenvalue weighted by atomic mass is 10.1. The van der Waals surface area contributed by atoms with Crippen LogP contribution in [0.15, 0.2) is 24.3 Å². The van der Waals surface area contributed by atoms with Gasteiger partial charge in [-0.2, -0.15) is 23.1 Å². The molecule has 2 heterocycles. The van der Waals surface area contributed by atoms with Gasteiger partial charge in [0.15, 0.2) is 6.61 Å². The number of hydrogen-bond acceptors (Lipinski definition) is 8. The van der Waals surface area contributed by atoms with Crippen LogP contribution in [0.5, 0.6) is 6.01 Å². The van der Waals surface area contributed by atoms with E-state index in [1.54, 1.807) is 6.92 Å². The first-order valence-electron chi connectivity index (χ1n) is 9.73. The number of hydrogen-bond donors (Lipinski definition) is 3. The summed E-state index contributed by atoms with van der Waals surface area (Å²) in [5.74, 6) is 0.175. The number of thiazole rings is 1. The molecule has 31 heavy (non-hydrogen) atoms. The number of aliphatic hydroxyl groups excluding tert-OH is 2. The van der Waals surface area contributed by atoms with Gasteiger partial charge in [-0.15, -0.1) is 11.3 Å². The average molecular weight is 454 g/mol. The maximum Gasteiger partial charge on any atom is 0.422 e. The van der Waals surface area contributed by atoms with Crippen LogP contribution in [0.3, 0.4) is 0 Å². The van der Waals surface area contributed by atoms with E-state index in [0.29, 0.717) is 29.1 Å². The number of ether oxygens (including phenoxy) is 1. The minimum absolute atomic E-state index is 0.0529. The van der Waals surface area contributed by atoms with E-state index < -0.39 is 30.9 Å². The van der Waals surface area contributed by atoms with Gasteiger partial charge in [0.2, 0.25) is 0 Å². The number of rotatable bonds is 6. The van der Waals surface area contributed by atoms with Crippen molar-refractivity contribution in [1.29, 1.82) is 0 Å². The second-order valence-corrected chi connectivity index (χ2v) is 8.57. The zero-order valence-corrected chi connectivity index (χ0v) is 17.4. The van der Waals surface area contributed by atoms with Crippen LogP contribution in [0.1, 0.15) is 18.5 Å². The number of aromatic nitrogens is 3. The predicted molar refractivity (Wildman–Crippen MR) is 110 cm³/mol. The Morgan fingerprint density at radius 1 is 1.19 bits per heavy atom. The fraction of sp³-hybridized carbons (Fsp3) is 0.450. The van der Waals surface area contributed by atoms with E-state index in [1.165, 1.54) is 11.3 Å². The van der Waals surface area contributed by atoms with Gasteiger partial charge in [-0.3, -0.25) is 0 Å². The molecule has 1 aromatic carbocycles. The van der Waals surface area contributed by atoms with Gasteiger partial charge >= 0.3 is 12.2 Å². The lowest BCUT2D eigenvalue weighted by molar-refractivity contribution is -0.154. The summed E-state index contributed by atoms with van der Waals surface area (Å²) in [7, 11) is 0. The lowest BCUT2D eigenvalue weighted by Gasteiger charge is -2.20. The highest BCUT2D eigenvalue weighted by molar-refractivity contribution is 7.21. The smallest absolute Gasteiger partial charge is 0.422 e. The van der Waals surface area contributed by atoms with Crippen molar-refractivity contribution in [2.75, 3.05) is 18.5 Å². The van der Waals surface area contributed by atoms with E-state index in [1.807, 2.05) is 24.3 Å². The molecule has 3 N–H and O–H groups in total. The van der Waals surface area contributed by atoms with Crippen LogP contribution in [0.25, 0.3) is 20.8 Å². The summed E-state index contributed by atoms with van der Waals surface area (Å²) in [6.45, 7) is 0.0873. The quantitative estimate of drug-likeness (QED) is 0.524. The summed E-state index contributed by atoms with van der Waals surface area (Å²) in [4.78, 5) is 12.9. The first-order valence-corrected chi connectivity index (χ1v) is 10.5. The molecule has 0 bridgehead atoms. The van der Waals surface area contributed by atoms with Gasteiger partial charge in [0, 0.05) is 6.61 Å². The molecule has 4 rings (SSSR count). The SMILES string of the molecule is Cc1nc(OCC(F)(F)F)nc(NC2C[C@H](CO)C[C@H]2O)c1-c1nc2ccccc2s1. The summed E-state index contributed by atoms with van der Waals surface area (Å²) in [5.41, 5.74) is 1.73. The molecule has 1 saturated carbocycles. The highest BCUT2D eigenvalue weighted by Crippen LogP contribution is 2.38. The Labute approximate surface area is 179 Å². The minimum atomic E-state index is -4.52. The Hall–Kier alpha value is -2.50. The molecule has 0 aliphatic heterocycles. The number of nitrogens with zero attached hydrogens (tertiary/aromatic N) is 3. The Morgan fingerprint density at radius 2 is 1.97 bits per heavy atom. The molecule has 1 unspecified atom stereocenters. The summed E-state index contributed by atoms with van der Waals surface area (Å²) >= 11 is 1.41. The topological polar surface area (TPSA) is 100 Å². The van der Waals surface area contributed by atoms with Crippen LogP contribution in [0, 0.1) is 12.8 Å². The summed E-state index contributed by atoms with van der Waals surface area (Å²) in [6.07, 6.45) is -4.33. The fourth-order valence-electron chi connectivity index (χ4n) is 3.70. The third kappa shape index (κ3) is 4.89. The first kappa shape index (κ1) is 21.7. The van der Waals surface area contributed by atoms with Crippen LogP contribution in [-0.4, -0.2) is 56.7 Å². The molecule has 3 atom stereocenters. The van der Waals surface area contributed by atoms with Gasteiger partial charge in [0.25, 0.3) is 0 Å². The first-order chi connectivity index (χ1) is 14.7. The molecule has 0 amide bonds. The zero-order valence-electron chi connectivity index (χ0n) is 16.6. The standard InChI is InChI=1S/C20H21F3N4O3S/c1-10-16(18-26-12-4-2-3-5-15(12)31-18)17(25-13-6-11(8-28)7-14(13)29)27-19(24-10)30-9-20(21,22)23/h2-5,11,13-14,28-29H,6-9H2,1H3,(H,24,25,27)/t11-,13?,14+/m0/s1. The van der Waals surface area contributed by atoms with Crippen LogP contribution in [-0.2, 0) is 0 Å². The molecule has 7 nitrogen and oxygen atoms in total. The van der Waals surface area contributed by atoms with Crippen molar-refractivity contribution in [3.63, 3.8) is 0 Å². The monoisotopic (exact) mass is 454 g/mol. The van der Waals surface area contributed by atoms with Crippen molar-refractivity contribution in [3.8, 4) is 16.6 Å². The van der Waals surface area contributed by atoms with E-state index in [0.717, 1.165) is 10.2 Å². The molecular weight excluding hydrogens is 433 g/mol. The molecule has 2 aromatic heterocycles. The number of fused-ring (bicyclic) bond motifs is 1. The second kappa shape index (κ2) is 8.56. The molecule has 11 heteroatoms. The third-order valence-electron chi connectivity index (χ3n) is 5.15. The van der Waals surface area contributed by atoms with Gasteiger partial charge < -0.3 is 20.3 Å². The van der Waals surface area contributed by atoms with Crippen molar-refractivity contribution in [3.05, 3.63) is 30.0 Å². The number of aliphatic hydroxyl groups is 2. The van der Waals surface area contributed by atoms with Crippen LogP contribution in [0.2, 0.25) is 0 Å². The molecule has 166 valence electrons. The van der Waals surface area contributed by atoms with Crippen LogP contribution >= 0.6 is 11.3 Å². The molecule has 0 saturated heterocycles. The molecular formula is C20H21F3N4O3S. The Kier molecular flexibility index (Phi) is 6.00. The van der Waals surface area contributed by atoms with E-state index in [9.17, 15) is 23.4 Å². The third-order valence-corrected chi connectivity index (χ3v) is 6.20. The average Bonchev–Trinajstić information content (AvgIpc) is 3.28. The summed E-state index contributed by atoms with van der Waals surface area (Å²) in [5, 5.41) is 23.5. The van der Waals surface area contributed by atoms with E-state index in [4.69, 9.17) is 4.74 Å². The second-order valence-electron chi connectivity index (χ2n) is 7.54. The minimum Gasteiger partial charge on any atom is -0.454 e. The number of anilines is 1. The normalized spacial score (nSPS) is 21.5. The van der Waals surface area contributed by atoms with Crippen molar-refractivity contribution in [2.45, 2.75) is 38.1 Å². The van der Waals surface area contributed by atoms with Crippen molar-refractivity contribution < 1.29 is 28.1 Å². The number of para-hydroxylation sites is 1. The number of benzene rings is 1. The summed E-state index contributed by atoms with van der Waals surface area (Å²) < 4.78 is 43.5.